The van der Waals surface area contributed by atoms with Crippen molar-refractivity contribution in [2.24, 2.45) is 0 Å². The summed E-state index contributed by atoms with van der Waals surface area (Å²) in [6.07, 6.45) is 0.722. The maximum absolute atomic E-state index is 12.6. The zero-order valence-electron chi connectivity index (χ0n) is 14.8. The molecule has 0 radical (unpaired) electrons. The fourth-order valence-electron chi connectivity index (χ4n) is 3.71. The average Bonchev–Trinajstić information content (AvgIpc) is 3.17. The van der Waals surface area contributed by atoms with Crippen LogP contribution in [0.2, 0.25) is 0 Å². The highest BCUT2D eigenvalue weighted by Gasteiger charge is 2.55. The number of fused-ring (bicyclic) bond motifs is 1. The number of thiocarbonyl (C=S) groups is 1. The number of hydrogen-bond acceptors (Lipinski definition) is 6. The Hall–Kier alpha value is -2.26. The van der Waals surface area contributed by atoms with Crippen molar-refractivity contribution in [3.8, 4) is 10.6 Å². The lowest BCUT2D eigenvalue weighted by Crippen LogP contribution is -2.68. The molecule has 9 heteroatoms. The quantitative estimate of drug-likeness (QED) is 0.783. The normalized spacial score (nSPS) is 24.4. The fraction of sp³-hybridized carbons (Fsp3) is 0.412. The van der Waals surface area contributed by atoms with Crippen molar-refractivity contribution >= 4 is 40.4 Å². The zero-order valence-corrected chi connectivity index (χ0v) is 16.4. The summed E-state index contributed by atoms with van der Waals surface area (Å²) in [7, 11) is 0. The number of amides is 1. The second-order valence-electron chi connectivity index (χ2n) is 7.42. The van der Waals surface area contributed by atoms with Crippen molar-refractivity contribution < 1.29 is 4.79 Å². The Bertz CT molecular complexity index is 851. The van der Waals surface area contributed by atoms with E-state index in [0.717, 1.165) is 17.0 Å². The van der Waals surface area contributed by atoms with Gasteiger partial charge in [-0.3, -0.25) is 10.2 Å². The van der Waals surface area contributed by atoms with Crippen LogP contribution in [0, 0.1) is 0 Å². The molecule has 2 saturated heterocycles. The van der Waals surface area contributed by atoms with Gasteiger partial charge in [-0.05, 0) is 56.6 Å². The molecule has 136 valence electrons. The van der Waals surface area contributed by atoms with Gasteiger partial charge in [0.1, 0.15) is 17.9 Å². The Morgan fingerprint density at radius 2 is 2.08 bits per heavy atom. The number of rotatable bonds is 3. The maximum atomic E-state index is 12.6. The summed E-state index contributed by atoms with van der Waals surface area (Å²) >= 11 is 7.09. The van der Waals surface area contributed by atoms with Crippen LogP contribution in [-0.2, 0) is 4.79 Å². The van der Waals surface area contributed by atoms with Crippen LogP contribution in [0.5, 0.6) is 0 Å². The Balaban J connectivity index is 1.59. The topological polar surface area (TPSA) is 73.4 Å². The highest BCUT2D eigenvalue weighted by molar-refractivity contribution is 7.80. The van der Waals surface area contributed by atoms with E-state index in [0.29, 0.717) is 10.9 Å². The number of carbonyl (C=O) groups is 1. The largest absolute Gasteiger partial charge is 0.357 e. The molecule has 4 rings (SSSR count). The third-order valence-corrected chi connectivity index (χ3v) is 5.95. The van der Waals surface area contributed by atoms with Crippen molar-refractivity contribution in [3.63, 3.8) is 0 Å². The molecule has 0 saturated carbocycles. The zero-order chi connectivity index (χ0) is 18.5. The van der Waals surface area contributed by atoms with Crippen LogP contribution < -0.4 is 10.7 Å². The van der Waals surface area contributed by atoms with Crippen LogP contribution in [-0.4, -0.2) is 48.9 Å². The number of carbonyl (C=O) groups excluding carboxylic acids is 1. The van der Waals surface area contributed by atoms with E-state index in [-0.39, 0.29) is 18.0 Å². The van der Waals surface area contributed by atoms with E-state index >= 15 is 0 Å². The molecule has 0 bridgehead atoms. The van der Waals surface area contributed by atoms with E-state index in [1.165, 1.54) is 0 Å². The molecule has 4 heterocycles. The first-order chi connectivity index (χ1) is 12.3. The number of aromatic nitrogens is 2. The Morgan fingerprint density at radius 3 is 2.73 bits per heavy atom. The first kappa shape index (κ1) is 17.2. The molecule has 2 N–H and O–H groups in total. The van der Waals surface area contributed by atoms with E-state index in [1.807, 2.05) is 41.5 Å². The van der Waals surface area contributed by atoms with Gasteiger partial charge < -0.3 is 10.2 Å². The van der Waals surface area contributed by atoms with Crippen LogP contribution in [0.4, 0.5) is 5.82 Å². The minimum atomic E-state index is -0.559. The van der Waals surface area contributed by atoms with Crippen LogP contribution in [0.15, 0.2) is 29.6 Å². The monoisotopic (exact) mass is 388 g/mol. The van der Waals surface area contributed by atoms with Gasteiger partial charge in [-0.15, -0.1) is 21.5 Å². The molecule has 2 aliphatic heterocycles. The third-order valence-electron chi connectivity index (χ3n) is 4.74. The maximum Gasteiger partial charge on any atom is 0.262 e. The van der Waals surface area contributed by atoms with Crippen molar-refractivity contribution in [1.82, 2.24) is 25.4 Å². The van der Waals surface area contributed by atoms with Crippen LogP contribution in [0.25, 0.3) is 10.6 Å². The van der Waals surface area contributed by atoms with E-state index in [9.17, 15) is 4.79 Å². The number of hydrazine groups is 1. The lowest BCUT2D eigenvalue weighted by atomic mass is 9.89. The molecule has 0 aromatic carbocycles. The number of hydrogen-bond donors (Lipinski definition) is 2. The van der Waals surface area contributed by atoms with Gasteiger partial charge in [0.05, 0.1) is 4.88 Å². The highest BCUT2D eigenvalue weighted by atomic mass is 32.1. The summed E-state index contributed by atoms with van der Waals surface area (Å²) in [5.41, 5.74) is 3.20. The van der Waals surface area contributed by atoms with Gasteiger partial charge in [-0.25, -0.2) is 5.01 Å². The number of nitrogens with one attached hydrogen (secondary N) is 2. The molecule has 7 nitrogen and oxygen atoms in total. The van der Waals surface area contributed by atoms with Crippen molar-refractivity contribution in [3.05, 3.63) is 29.6 Å². The van der Waals surface area contributed by atoms with E-state index in [4.69, 9.17) is 12.2 Å². The summed E-state index contributed by atoms with van der Waals surface area (Å²) in [5.74, 6) is 0.488. The predicted molar refractivity (Wildman–Crippen MR) is 105 cm³/mol. The molecule has 0 unspecified atom stereocenters. The van der Waals surface area contributed by atoms with Crippen LogP contribution in [0.3, 0.4) is 0 Å². The summed E-state index contributed by atoms with van der Waals surface area (Å²) in [5, 5.41) is 16.0. The minimum Gasteiger partial charge on any atom is -0.357 e. The van der Waals surface area contributed by atoms with Gasteiger partial charge in [0.2, 0.25) is 0 Å². The van der Waals surface area contributed by atoms with Gasteiger partial charge in [-0.2, -0.15) is 0 Å². The highest BCUT2D eigenvalue weighted by Crippen LogP contribution is 2.38. The second-order valence-corrected chi connectivity index (χ2v) is 8.75. The van der Waals surface area contributed by atoms with Crippen LogP contribution >= 0.6 is 23.6 Å². The molecule has 2 fully saturated rings. The van der Waals surface area contributed by atoms with E-state index < -0.39 is 5.66 Å². The number of anilines is 1. The van der Waals surface area contributed by atoms with Crippen LogP contribution in [0.1, 0.15) is 27.2 Å². The molecule has 1 amide bonds. The standard InChI is InChI=1S/C17H20N6OS2/c1-16(2)10-17(3)22(15(25)18-16)9-14(24)23(17)21-13-7-6-11(19-20-13)12-5-4-8-26-12/h4-8H,9-10H2,1-3H3,(H,18,25)(H,20,21)/t17-/m1/s1. The molecule has 2 aromatic rings. The SMILES string of the molecule is CC1(C)C[C@]2(C)N(CC(=O)N2Nc2ccc(-c3cccs3)nn2)C(=S)N1. The van der Waals surface area contributed by atoms with Gasteiger partial charge >= 0.3 is 0 Å². The molecular weight excluding hydrogens is 368 g/mol. The fourth-order valence-corrected chi connectivity index (χ4v) is 4.94. The van der Waals surface area contributed by atoms with Crippen molar-refractivity contribution in [1.29, 1.82) is 0 Å². The Labute approximate surface area is 161 Å². The summed E-state index contributed by atoms with van der Waals surface area (Å²) in [6.45, 7) is 6.43. The summed E-state index contributed by atoms with van der Waals surface area (Å²) < 4.78 is 0. The van der Waals surface area contributed by atoms with Gasteiger partial charge in [-0.1, -0.05) is 6.07 Å². The number of nitrogens with zero attached hydrogens (tertiary/aromatic N) is 4. The minimum absolute atomic E-state index is 0.0431. The summed E-state index contributed by atoms with van der Waals surface area (Å²) in [6, 6.07) is 7.72. The van der Waals surface area contributed by atoms with E-state index in [2.05, 4.69) is 34.8 Å². The Morgan fingerprint density at radius 1 is 1.27 bits per heavy atom. The molecule has 0 aliphatic carbocycles. The van der Waals surface area contributed by atoms with Crippen molar-refractivity contribution in [2.75, 3.05) is 12.0 Å². The second kappa shape index (κ2) is 5.88. The van der Waals surface area contributed by atoms with Gasteiger partial charge in [0.15, 0.2) is 10.9 Å². The molecule has 2 aliphatic rings. The molecule has 1 atom stereocenters. The van der Waals surface area contributed by atoms with E-state index in [1.54, 1.807) is 16.3 Å². The first-order valence-electron chi connectivity index (χ1n) is 8.36. The summed E-state index contributed by atoms with van der Waals surface area (Å²) in [4.78, 5) is 15.6. The molecule has 2 aromatic heterocycles. The third kappa shape index (κ3) is 2.80. The van der Waals surface area contributed by atoms with Crippen molar-refractivity contribution in [2.45, 2.75) is 38.4 Å². The lowest BCUT2D eigenvalue weighted by molar-refractivity contribution is -0.129. The smallest absolute Gasteiger partial charge is 0.262 e. The van der Waals surface area contributed by atoms with Gasteiger partial charge in [0.25, 0.3) is 5.91 Å². The first-order valence-corrected chi connectivity index (χ1v) is 9.64. The lowest BCUT2D eigenvalue weighted by Gasteiger charge is -2.51. The number of thiophene rings is 1. The molecular formula is C17H20N6OS2. The average molecular weight is 389 g/mol. The van der Waals surface area contributed by atoms with Gasteiger partial charge in [0, 0.05) is 12.0 Å². The predicted octanol–water partition coefficient (Wildman–Crippen LogP) is 2.45. The molecule has 0 spiro atoms. The molecule has 26 heavy (non-hydrogen) atoms. The Kier molecular flexibility index (Phi) is 3.89.